The van der Waals surface area contributed by atoms with Gasteiger partial charge in [-0.2, -0.15) is 0 Å². The van der Waals surface area contributed by atoms with Gasteiger partial charge >= 0.3 is 0 Å². The molecule has 0 radical (unpaired) electrons. The maximum Gasteiger partial charge on any atom is 0.227 e. The molecule has 1 atom stereocenters. The number of piperidine rings is 1. The van der Waals surface area contributed by atoms with Gasteiger partial charge in [-0.15, -0.1) is 0 Å². The Hall–Kier alpha value is -1.35. The Morgan fingerprint density at radius 3 is 2.83 bits per heavy atom. The number of amides is 1. The second kappa shape index (κ2) is 7.48. The summed E-state index contributed by atoms with van der Waals surface area (Å²) in [6.07, 6.45) is 7.52. The van der Waals surface area contributed by atoms with Gasteiger partial charge in [-0.3, -0.25) is 4.79 Å². The number of anilines is 1. The summed E-state index contributed by atoms with van der Waals surface area (Å²) in [5.41, 5.74) is 3.98. The van der Waals surface area contributed by atoms with E-state index in [-0.39, 0.29) is 0 Å². The third kappa shape index (κ3) is 3.77. The van der Waals surface area contributed by atoms with Crippen molar-refractivity contribution in [3.05, 3.63) is 29.3 Å². The molecule has 2 aliphatic heterocycles. The molecule has 0 bridgehead atoms. The first-order valence-corrected chi connectivity index (χ1v) is 9.33. The molecule has 3 heteroatoms. The molecule has 1 aromatic carbocycles. The van der Waals surface area contributed by atoms with E-state index < -0.39 is 0 Å². The first-order chi connectivity index (χ1) is 11.2. The smallest absolute Gasteiger partial charge is 0.227 e. The highest BCUT2D eigenvalue weighted by Crippen LogP contribution is 2.34. The van der Waals surface area contributed by atoms with Crippen LogP contribution in [0.4, 0.5) is 5.69 Å². The molecule has 2 aliphatic rings. The maximum atomic E-state index is 12.5. The predicted molar refractivity (Wildman–Crippen MR) is 95.9 cm³/mol. The molecule has 1 aromatic rings. The molecular weight excluding hydrogens is 284 g/mol. The van der Waals surface area contributed by atoms with Crippen LogP contribution in [-0.2, 0) is 17.6 Å². The van der Waals surface area contributed by atoms with Crippen molar-refractivity contribution in [2.75, 3.05) is 18.0 Å². The molecule has 2 heterocycles. The third-order valence-electron chi connectivity index (χ3n) is 5.36. The van der Waals surface area contributed by atoms with Crippen LogP contribution in [0, 0.1) is 5.92 Å². The quantitative estimate of drug-likeness (QED) is 0.899. The largest absolute Gasteiger partial charge is 0.317 e. The number of rotatable bonds is 5. The van der Waals surface area contributed by atoms with Crippen molar-refractivity contribution in [2.45, 2.75) is 64.8 Å². The Bertz CT molecular complexity index is 549. The zero-order valence-electron chi connectivity index (χ0n) is 14.6. The number of nitrogens with zero attached hydrogens (tertiary/aromatic N) is 1. The van der Waals surface area contributed by atoms with Gasteiger partial charge < -0.3 is 10.2 Å². The molecule has 126 valence electrons. The van der Waals surface area contributed by atoms with E-state index in [9.17, 15) is 4.79 Å². The van der Waals surface area contributed by atoms with Crippen molar-refractivity contribution in [1.29, 1.82) is 0 Å². The van der Waals surface area contributed by atoms with Gasteiger partial charge in [0.25, 0.3) is 0 Å². The topological polar surface area (TPSA) is 32.3 Å². The molecule has 0 aliphatic carbocycles. The summed E-state index contributed by atoms with van der Waals surface area (Å²) in [6, 6.07) is 7.11. The monoisotopic (exact) mass is 314 g/mol. The van der Waals surface area contributed by atoms with Gasteiger partial charge in [0.1, 0.15) is 0 Å². The molecular formula is C20H30N2O. The van der Waals surface area contributed by atoms with E-state index in [1.54, 1.807) is 0 Å². The normalized spacial score (nSPS) is 21.5. The number of carbonyl (C=O) groups excluding carboxylic acids is 1. The fourth-order valence-electron chi connectivity index (χ4n) is 4.06. The van der Waals surface area contributed by atoms with Crippen molar-refractivity contribution in [1.82, 2.24) is 5.32 Å². The zero-order chi connectivity index (χ0) is 16.2. The van der Waals surface area contributed by atoms with E-state index in [4.69, 9.17) is 0 Å². The molecule has 1 fully saturated rings. The summed E-state index contributed by atoms with van der Waals surface area (Å²) < 4.78 is 0. The highest BCUT2D eigenvalue weighted by atomic mass is 16.2. The molecule has 1 unspecified atom stereocenters. The lowest BCUT2D eigenvalue weighted by atomic mass is 9.90. The van der Waals surface area contributed by atoms with E-state index >= 15 is 0 Å². The minimum absolute atomic E-state index is 0.296. The Labute approximate surface area is 140 Å². The lowest BCUT2D eigenvalue weighted by Crippen LogP contribution is -2.35. The minimum atomic E-state index is 0.296. The number of fused-ring (bicyclic) bond motifs is 1. The van der Waals surface area contributed by atoms with Crippen molar-refractivity contribution in [2.24, 2.45) is 5.92 Å². The molecule has 1 saturated heterocycles. The van der Waals surface area contributed by atoms with Crippen LogP contribution in [0.25, 0.3) is 0 Å². The number of unbranched alkanes of at least 4 members (excludes halogenated alkanes) is 1. The van der Waals surface area contributed by atoms with Crippen LogP contribution in [0.5, 0.6) is 0 Å². The molecule has 1 N–H and O–H groups in total. The Kier molecular flexibility index (Phi) is 5.37. The van der Waals surface area contributed by atoms with E-state index in [1.165, 1.54) is 30.4 Å². The Balaban J connectivity index is 1.71. The van der Waals surface area contributed by atoms with Gasteiger partial charge in [-0.1, -0.05) is 25.5 Å². The van der Waals surface area contributed by atoms with E-state index in [0.29, 0.717) is 18.4 Å². The number of benzene rings is 1. The van der Waals surface area contributed by atoms with Crippen LogP contribution in [0.3, 0.4) is 0 Å². The minimum Gasteiger partial charge on any atom is -0.317 e. The second-order valence-electron chi connectivity index (χ2n) is 7.28. The highest BCUT2D eigenvalue weighted by molar-refractivity contribution is 5.96. The number of nitrogens with one attached hydrogen (secondary N) is 1. The van der Waals surface area contributed by atoms with Gasteiger partial charge in [0.05, 0.1) is 0 Å². The van der Waals surface area contributed by atoms with Crippen LogP contribution in [0.1, 0.15) is 57.1 Å². The first kappa shape index (κ1) is 16.5. The van der Waals surface area contributed by atoms with Crippen LogP contribution in [0.15, 0.2) is 18.2 Å². The average Bonchev–Trinajstić information content (AvgIpc) is 2.88. The van der Waals surface area contributed by atoms with Crippen molar-refractivity contribution in [3.8, 4) is 0 Å². The summed E-state index contributed by atoms with van der Waals surface area (Å²) >= 11 is 0. The van der Waals surface area contributed by atoms with Crippen molar-refractivity contribution < 1.29 is 4.79 Å². The molecule has 1 amide bonds. The SMILES string of the molecule is CCCCC(=O)N1c2ccc(CC3CCNCC3)cc2CC1C. The Morgan fingerprint density at radius 2 is 2.09 bits per heavy atom. The predicted octanol–water partition coefficient (Wildman–Crippen LogP) is 3.70. The standard InChI is InChI=1S/C20H30N2O/c1-3-4-5-20(23)22-15(2)12-18-14-17(6-7-19(18)22)13-16-8-10-21-11-9-16/h6-7,14-16,21H,3-5,8-13H2,1-2H3. The van der Waals surface area contributed by atoms with Gasteiger partial charge in [0, 0.05) is 18.2 Å². The van der Waals surface area contributed by atoms with E-state index in [2.05, 4.69) is 37.4 Å². The zero-order valence-corrected chi connectivity index (χ0v) is 14.6. The van der Waals surface area contributed by atoms with Gasteiger partial charge in [-0.05, 0) is 75.2 Å². The van der Waals surface area contributed by atoms with Gasteiger partial charge in [0.15, 0.2) is 0 Å². The third-order valence-corrected chi connectivity index (χ3v) is 5.36. The van der Waals surface area contributed by atoms with E-state index in [1.807, 2.05) is 4.90 Å². The summed E-state index contributed by atoms with van der Waals surface area (Å²) in [4.78, 5) is 14.5. The van der Waals surface area contributed by atoms with Crippen molar-refractivity contribution >= 4 is 11.6 Å². The number of hydrogen-bond acceptors (Lipinski definition) is 2. The van der Waals surface area contributed by atoms with Crippen LogP contribution in [0.2, 0.25) is 0 Å². The van der Waals surface area contributed by atoms with Crippen LogP contribution in [-0.4, -0.2) is 25.0 Å². The molecule has 0 saturated carbocycles. The number of hydrogen-bond donors (Lipinski definition) is 1. The molecule has 0 aromatic heterocycles. The van der Waals surface area contributed by atoms with Gasteiger partial charge in [-0.25, -0.2) is 0 Å². The molecule has 0 spiro atoms. The van der Waals surface area contributed by atoms with Crippen molar-refractivity contribution in [3.63, 3.8) is 0 Å². The summed E-state index contributed by atoms with van der Waals surface area (Å²) in [5, 5.41) is 3.44. The lowest BCUT2D eigenvalue weighted by Gasteiger charge is -2.24. The van der Waals surface area contributed by atoms with Gasteiger partial charge in [0.2, 0.25) is 5.91 Å². The molecule has 23 heavy (non-hydrogen) atoms. The van der Waals surface area contributed by atoms with Crippen LogP contribution >= 0.6 is 0 Å². The fourth-order valence-corrected chi connectivity index (χ4v) is 4.06. The van der Waals surface area contributed by atoms with E-state index in [0.717, 1.165) is 44.0 Å². The fraction of sp³-hybridized carbons (Fsp3) is 0.650. The molecule has 3 nitrogen and oxygen atoms in total. The molecule has 3 rings (SSSR count). The first-order valence-electron chi connectivity index (χ1n) is 9.33. The second-order valence-corrected chi connectivity index (χ2v) is 7.28. The summed E-state index contributed by atoms with van der Waals surface area (Å²) in [5.74, 6) is 1.11. The number of carbonyl (C=O) groups is 1. The lowest BCUT2D eigenvalue weighted by molar-refractivity contribution is -0.119. The Morgan fingerprint density at radius 1 is 1.30 bits per heavy atom. The summed E-state index contributed by atoms with van der Waals surface area (Å²) in [7, 11) is 0. The summed E-state index contributed by atoms with van der Waals surface area (Å²) in [6.45, 7) is 6.64. The maximum absolute atomic E-state index is 12.5. The van der Waals surface area contributed by atoms with Crippen LogP contribution < -0.4 is 10.2 Å². The average molecular weight is 314 g/mol. The highest BCUT2D eigenvalue weighted by Gasteiger charge is 2.30.